The normalized spacial score (nSPS) is 15.9. The van der Waals surface area contributed by atoms with E-state index in [4.69, 9.17) is 21.7 Å². The van der Waals surface area contributed by atoms with Crippen molar-refractivity contribution >= 4 is 23.0 Å². The highest BCUT2D eigenvalue weighted by Crippen LogP contribution is 2.14. The number of hydrogen-bond acceptors (Lipinski definition) is 4. The summed E-state index contributed by atoms with van der Waals surface area (Å²) in [5.74, 6) is 0.863. The maximum atomic E-state index is 5.65. The quantitative estimate of drug-likeness (QED) is 0.375. The Morgan fingerprint density at radius 1 is 1.28 bits per heavy atom. The van der Waals surface area contributed by atoms with Gasteiger partial charge in [-0.1, -0.05) is 0 Å². The van der Waals surface area contributed by atoms with Gasteiger partial charge in [0.15, 0.2) is 5.11 Å². The lowest BCUT2D eigenvalue weighted by Gasteiger charge is -2.23. The molecule has 1 heterocycles. The van der Waals surface area contributed by atoms with E-state index in [2.05, 4.69) is 15.8 Å². The number of benzene rings is 1. The highest BCUT2D eigenvalue weighted by molar-refractivity contribution is 7.80. The van der Waals surface area contributed by atoms with Crippen LogP contribution in [0.2, 0.25) is 0 Å². The molecule has 3 N–H and O–H groups in total. The Hall–Kier alpha value is -1.70. The van der Waals surface area contributed by atoms with Crippen molar-refractivity contribution in [1.82, 2.24) is 10.7 Å². The van der Waals surface area contributed by atoms with E-state index in [1.165, 1.54) is 0 Å². The van der Waals surface area contributed by atoms with Crippen molar-refractivity contribution in [3.63, 3.8) is 0 Å². The van der Waals surface area contributed by atoms with Crippen molar-refractivity contribution in [2.75, 3.05) is 39.4 Å². The van der Waals surface area contributed by atoms with Crippen LogP contribution in [0.15, 0.2) is 29.4 Å². The molecule has 1 aliphatic rings. The molecule has 7 heteroatoms. The van der Waals surface area contributed by atoms with E-state index >= 15 is 0 Å². The summed E-state index contributed by atoms with van der Waals surface area (Å²) in [6.07, 6.45) is 0.171. The van der Waals surface area contributed by atoms with Gasteiger partial charge in [-0.3, -0.25) is 5.43 Å². The molecule has 138 valence electrons. The average molecular weight is 366 g/mol. The summed E-state index contributed by atoms with van der Waals surface area (Å²) < 4.78 is 11.0. The second kappa shape index (κ2) is 10.3. The van der Waals surface area contributed by atoms with Gasteiger partial charge in [-0.25, -0.2) is 0 Å². The third-order valence-electron chi connectivity index (χ3n) is 3.93. The minimum Gasteiger partial charge on any atom is -0.491 e. The first-order chi connectivity index (χ1) is 12.0. The average Bonchev–Trinajstić information content (AvgIpc) is 2.61. The molecule has 0 aliphatic carbocycles. The summed E-state index contributed by atoms with van der Waals surface area (Å²) in [4.78, 5) is 1.55. The first-order valence-corrected chi connectivity index (χ1v) is 9.22. The van der Waals surface area contributed by atoms with Gasteiger partial charge < -0.3 is 19.7 Å². The molecule has 0 amide bonds. The molecular formula is C18H29N4O2S+. The Kier molecular flexibility index (Phi) is 8.11. The smallest absolute Gasteiger partial charge is 0.187 e. The zero-order valence-electron chi connectivity index (χ0n) is 15.3. The van der Waals surface area contributed by atoms with E-state index in [-0.39, 0.29) is 6.10 Å². The van der Waals surface area contributed by atoms with Crippen LogP contribution in [-0.2, 0) is 4.74 Å². The summed E-state index contributed by atoms with van der Waals surface area (Å²) >= 11 is 5.27. The van der Waals surface area contributed by atoms with Crippen molar-refractivity contribution in [2.24, 2.45) is 5.10 Å². The molecule has 1 fully saturated rings. The first-order valence-electron chi connectivity index (χ1n) is 8.81. The van der Waals surface area contributed by atoms with Crippen LogP contribution in [0.3, 0.4) is 0 Å². The first kappa shape index (κ1) is 19.6. The number of morpholine rings is 1. The summed E-state index contributed by atoms with van der Waals surface area (Å²) in [5.41, 5.74) is 4.81. The van der Waals surface area contributed by atoms with Crippen molar-refractivity contribution in [3.8, 4) is 5.75 Å². The monoisotopic (exact) mass is 365 g/mol. The summed E-state index contributed by atoms with van der Waals surface area (Å²) in [6.45, 7) is 11.7. The fourth-order valence-corrected chi connectivity index (χ4v) is 2.70. The molecule has 0 radical (unpaired) electrons. The number of quaternary nitrogens is 1. The molecule has 0 spiro atoms. The largest absolute Gasteiger partial charge is 0.491 e. The Morgan fingerprint density at radius 2 is 1.96 bits per heavy atom. The van der Waals surface area contributed by atoms with Crippen LogP contribution in [0.5, 0.6) is 5.75 Å². The number of hydrogen-bond donors (Lipinski definition) is 3. The van der Waals surface area contributed by atoms with Gasteiger partial charge >= 0.3 is 0 Å². The van der Waals surface area contributed by atoms with Crippen molar-refractivity contribution in [2.45, 2.75) is 26.9 Å². The molecule has 6 nitrogen and oxygen atoms in total. The summed E-state index contributed by atoms with van der Waals surface area (Å²) in [6, 6.07) is 7.90. The lowest BCUT2D eigenvalue weighted by atomic mass is 10.1. The van der Waals surface area contributed by atoms with Gasteiger partial charge in [0.2, 0.25) is 0 Å². The minimum absolute atomic E-state index is 0.171. The van der Waals surface area contributed by atoms with Gasteiger partial charge in [0.25, 0.3) is 0 Å². The number of ether oxygens (including phenoxy) is 2. The van der Waals surface area contributed by atoms with Crippen LogP contribution in [0.1, 0.15) is 26.3 Å². The molecule has 1 aromatic rings. The Bertz CT molecular complexity index is 569. The fraction of sp³-hybridized carbons (Fsp3) is 0.556. The van der Waals surface area contributed by atoms with Gasteiger partial charge in [0.1, 0.15) is 18.8 Å². The lowest BCUT2D eigenvalue weighted by Crippen LogP contribution is -3.14. The molecule has 1 saturated heterocycles. The molecule has 0 aromatic heterocycles. The second-order valence-electron chi connectivity index (χ2n) is 6.37. The third-order valence-corrected chi connectivity index (χ3v) is 4.17. The van der Waals surface area contributed by atoms with Gasteiger partial charge in [-0.2, -0.15) is 5.10 Å². The topological polar surface area (TPSA) is 59.3 Å². The molecule has 0 bridgehead atoms. The number of nitrogens with zero attached hydrogens (tertiary/aromatic N) is 1. The minimum atomic E-state index is 0.171. The molecule has 0 saturated carbocycles. The predicted molar refractivity (Wildman–Crippen MR) is 105 cm³/mol. The molecule has 1 aromatic carbocycles. The number of thiocarbonyl (C=S) groups is 1. The Labute approximate surface area is 155 Å². The lowest BCUT2D eigenvalue weighted by molar-refractivity contribution is -0.906. The van der Waals surface area contributed by atoms with E-state index < -0.39 is 0 Å². The fourth-order valence-electron chi connectivity index (χ4n) is 2.55. The zero-order valence-corrected chi connectivity index (χ0v) is 16.1. The van der Waals surface area contributed by atoms with E-state index in [0.29, 0.717) is 5.11 Å². The molecule has 0 unspecified atom stereocenters. The molecule has 25 heavy (non-hydrogen) atoms. The van der Waals surface area contributed by atoms with Crippen LogP contribution in [0.25, 0.3) is 0 Å². The molecule has 1 aliphatic heterocycles. The number of rotatable bonds is 7. The molecule has 2 rings (SSSR count). The van der Waals surface area contributed by atoms with Crippen molar-refractivity contribution < 1.29 is 14.4 Å². The van der Waals surface area contributed by atoms with E-state index in [9.17, 15) is 0 Å². The van der Waals surface area contributed by atoms with Crippen molar-refractivity contribution in [3.05, 3.63) is 29.8 Å². The van der Waals surface area contributed by atoms with E-state index in [1.807, 2.05) is 45.0 Å². The molecular weight excluding hydrogens is 336 g/mol. The van der Waals surface area contributed by atoms with Gasteiger partial charge in [-0.05, 0) is 62.8 Å². The van der Waals surface area contributed by atoms with Gasteiger partial charge in [0.05, 0.1) is 38.1 Å². The van der Waals surface area contributed by atoms with Crippen LogP contribution < -0.4 is 20.4 Å². The van der Waals surface area contributed by atoms with Crippen molar-refractivity contribution in [1.29, 1.82) is 0 Å². The maximum absolute atomic E-state index is 5.65. The highest BCUT2D eigenvalue weighted by Gasteiger charge is 2.12. The Balaban J connectivity index is 1.72. The standard InChI is InChI=1S/C18H28N4O2S/c1-14(2)24-17-6-4-16(5-7-17)15(3)20-21-18(25)19-8-9-22-10-12-23-13-11-22/h4-7,14H,8-13H2,1-3H3,(H2,19,21,25)/p+1/b20-15-. The van der Waals surface area contributed by atoms with Gasteiger partial charge in [0, 0.05) is 0 Å². The van der Waals surface area contributed by atoms with Crippen LogP contribution in [0, 0.1) is 0 Å². The van der Waals surface area contributed by atoms with E-state index in [0.717, 1.165) is 56.4 Å². The predicted octanol–water partition coefficient (Wildman–Crippen LogP) is 0.577. The molecule has 0 atom stereocenters. The second-order valence-corrected chi connectivity index (χ2v) is 6.78. The zero-order chi connectivity index (χ0) is 18.1. The summed E-state index contributed by atoms with van der Waals surface area (Å²) in [5, 5.41) is 8.09. The SMILES string of the molecule is C/C(=N/NC(=S)NCC[NH+]1CCOCC1)c1ccc(OC(C)C)cc1. The number of hydrazone groups is 1. The Morgan fingerprint density at radius 3 is 2.60 bits per heavy atom. The van der Waals surface area contributed by atoms with Crippen LogP contribution >= 0.6 is 12.2 Å². The number of nitrogens with one attached hydrogen (secondary N) is 3. The van der Waals surface area contributed by atoms with E-state index in [1.54, 1.807) is 4.90 Å². The van der Waals surface area contributed by atoms with Crippen LogP contribution in [-0.4, -0.2) is 56.3 Å². The van der Waals surface area contributed by atoms with Crippen LogP contribution in [0.4, 0.5) is 0 Å². The highest BCUT2D eigenvalue weighted by atomic mass is 32.1. The maximum Gasteiger partial charge on any atom is 0.187 e. The van der Waals surface area contributed by atoms with Gasteiger partial charge in [-0.15, -0.1) is 0 Å². The third kappa shape index (κ3) is 7.37. The summed E-state index contributed by atoms with van der Waals surface area (Å²) in [7, 11) is 0.